The van der Waals surface area contributed by atoms with Crippen LogP contribution in [0.3, 0.4) is 0 Å². The molecule has 2 atom stereocenters. The van der Waals surface area contributed by atoms with Crippen molar-refractivity contribution >= 4 is 17.6 Å². The molecule has 9 heteroatoms. The highest BCUT2D eigenvalue weighted by atomic mass is 35.5. The van der Waals surface area contributed by atoms with Crippen LogP contribution in [0.5, 0.6) is 0 Å². The van der Waals surface area contributed by atoms with Crippen molar-refractivity contribution in [3.63, 3.8) is 0 Å². The summed E-state index contributed by atoms with van der Waals surface area (Å²) in [5, 5.41) is 21.1. The van der Waals surface area contributed by atoms with E-state index in [2.05, 4.69) is 15.5 Å². The molecule has 1 aliphatic rings. The molecule has 4 rings (SSSR count). The molecule has 0 aliphatic carbocycles. The van der Waals surface area contributed by atoms with Crippen molar-refractivity contribution in [1.82, 2.24) is 24.8 Å². The van der Waals surface area contributed by atoms with Gasteiger partial charge in [-0.25, -0.2) is 4.79 Å². The van der Waals surface area contributed by atoms with E-state index in [1.165, 1.54) is 21.6 Å². The van der Waals surface area contributed by atoms with E-state index < -0.39 is 12.0 Å². The number of halogens is 1. The zero-order valence-corrected chi connectivity index (χ0v) is 14.5. The van der Waals surface area contributed by atoms with Gasteiger partial charge in [0.25, 0.3) is 5.56 Å². The summed E-state index contributed by atoms with van der Waals surface area (Å²) >= 11 is 6.16. The summed E-state index contributed by atoms with van der Waals surface area (Å²) in [4.78, 5) is 24.1. The Bertz CT molecular complexity index is 1060. The summed E-state index contributed by atoms with van der Waals surface area (Å²) < 4.78 is 2.84. The number of aromatic nitrogens is 5. The van der Waals surface area contributed by atoms with Crippen LogP contribution in [0.15, 0.2) is 41.5 Å². The Balaban J connectivity index is 1.93. The van der Waals surface area contributed by atoms with Gasteiger partial charge in [-0.15, -0.1) is 5.10 Å². The fourth-order valence-corrected chi connectivity index (χ4v) is 3.62. The number of carboxylic acids is 1. The number of carbonyl (C=O) groups is 1. The molecule has 1 N–H and O–H groups in total. The highest BCUT2D eigenvalue weighted by Crippen LogP contribution is 2.37. The second-order valence-electron chi connectivity index (χ2n) is 6.28. The molecule has 1 aliphatic heterocycles. The SMILES string of the molecule is C[C@@H]1C[C@@H](C(=O)O)n2c1cc(-c1cc(Cl)ccc1-n1cnnn1)cc2=O. The maximum absolute atomic E-state index is 12.7. The average Bonchev–Trinajstić information content (AvgIpc) is 3.23. The molecule has 0 saturated heterocycles. The number of hydrogen-bond acceptors (Lipinski definition) is 5. The lowest BCUT2D eigenvalue weighted by Crippen LogP contribution is -2.27. The first-order chi connectivity index (χ1) is 12.5. The minimum Gasteiger partial charge on any atom is -0.480 e. The lowest BCUT2D eigenvalue weighted by molar-refractivity contribution is -0.140. The average molecular weight is 372 g/mol. The van der Waals surface area contributed by atoms with Crippen molar-refractivity contribution in [2.45, 2.75) is 25.3 Å². The molecule has 0 bridgehead atoms. The molecule has 2 aromatic heterocycles. The minimum absolute atomic E-state index is 0.0422. The van der Waals surface area contributed by atoms with Crippen molar-refractivity contribution < 1.29 is 9.90 Å². The zero-order valence-electron chi connectivity index (χ0n) is 13.7. The quantitative estimate of drug-likeness (QED) is 0.757. The van der Waals surface area contributed by atoms with Crippen molar-refractivity contribution in [3.05, 3.63) is 57.7 Å². The first kappa shape index (κ1) is 16.5. The van der Waals surface area contributed by atoms with Gasteiger partial charge < -0.3 is 5.11 Å². The maximum Gasteiger partial charge on any atom is 0.326 e. The molecule has 0 amide bonds. The Labute approximate surface area is 152 Å². The molecule has 3 heterocycles. The fraction of sp³-hybridized carbons (Fsp3) is 0.235. The monoisotopic (exact) mass is 371 g/mol. The highest BCUT2D eigenvalue weighted by Gasteiger charge is 2.34. The van der Waals surface area contributed by atoms with Gasteiger partial charge >= 0.3 is 5.97 Å². The van der Waals surface area contributed by atoms with Crippen LogP contribution in [0.4, 0.5) is 0 Å². The zero-order chi connectivity index (χ0) is 18.4. The molecule has 0 radical (unpaired) electrons. The predicted molar refractivity (Wildman–Crippen MR) is 93.6 cm³/mol. The van der Waals surface area contributed by atoms with Crippen molar-refractivity contribution in [3.8, 4) is 16.8 Å². The Hall–Kier alpha value is -3.00. The van der Waals surface area contributed by atoms with Crippen LogP contribution in [0, 0.1) is 0 Å². The third-order valence-corrected chi connectivity index (χ3v) is 4.88. The number of benzene rings is 1. The van der Waals surface area contributed by atoms with E-state index in [-0.39, 0.29) is 11.5 Å². The molecular weight excluding hydrogens is 358 g/mol. The van der Waals surface area contributed by atoms with Gasteiger partial charge in [-0.1, -0.05) is 18.5 Å². The molecule has 1 aromatic carbocycles. The molecule has 0 spiro atoms. The van der Waals surface area contributed by atoms with Crippen molar-refractivity contribution in [1.29, 1.82) is 0 Å². The summed E-state index contributed by atoms with van der Waals surface area (Å²) in [6.45, 7) is 1.91. The van der Waals surface area contributed by atoms with Crippen LogP contribution < -0.4 is 5.56 Å². The number of pyridine rings is 1. The van der Waals surface area contributed by atoms with Gasteiger partial charge in [0.05, 0.1) is 5.69 Å². The van der Waals surface area contributed by atoms with Crippen LogP contribution in [0.1, 0.15) is 31.0 Å². The third kappa shape index (κ3) is 2.59. The van der Waals surface area contributed by atoms with E-state index in [0.717, 1.165) is 0 Å². The van der Waals surface area contributed by atoms with Gasteiger partial charge in [-0.05, 0) is 52.6 Å². The van der Waals surface area contributed by atoms with Crippen molar-refractivity contribution in [2.75, 3.05) is 0 Å². The van der Waals surface area contributed by atoms with E-state index in [9.17, 15) is 14.7 Å². The second-order valence-corrected chi connectivity index (χ2v) is 6.72. The number of hydrogen-bond donors (Lipinski definition) is 1. The Kier molecular flexibility index (Phi) is 3.84. The molecule has 26 heavy (non-hydrogen) atoms. The number of carboxylic acid groups (broad SMARTS) is 1. The van der Waals surface area contributed by atoms with E-state index >= 15 is 0 Å². The van der Waals surface area contributed by atoms with Crippen LogP contribution in [0.25, 0.3) is 16.8 Å². The minimum atomic E-state index is -0.998. The van der Waals surface area contributed by atoms with Crippen LogP contribution in [0.2, 0.25) is 5.02 Å². The first-order valence-electron chi connectivity index (χ1n) is 7.98. The van der Waals surface area contributed by atoms with Gasteiger partial charge in [-0.3, -0.25) is 9.36 Å². The Morgan fingerprint density at radius 2 is 2.12 bits per heavy atom. The van der Waals surface area contributed by atoms with Gasteiger partial charge in [-0.2, -0.15) is 4.68 Å². The largest absolute Gasteiger partial charge is 0.480 e. The van der Waals surface area contributed by atoms with E-state index in [0.29, 0.717) is 34.0 Å². The number of aliphatic carboxylic acids is 1. The van der Waals surface area contributed by atoms with Crippen LogP contribution in [-0.2, 0) is 4.79 Å². The predicted octanol–water partition coefficient (Wildman–Crippen LogP) is 2.28. The number of fused-ring (bicyclic) bond motifs is 1. The molecule has 0 unspecified atom stereocenters. The summed E-state index contributed by atoms with van der Waals surface area (Å²) in [5.74, 6) is -1.04. The summed E-state index contributed by atoms with van der Waals surface area (Å²) in [6.07, 6.45) is 1.85. The molecule has 3 aromatic rings. The molecule has 0 saturated carbocycles. The van der Waals surface area contributed by atoms with E-state index in [1.807, 2.05) is 13.0 Å². The van der Waals surface area contributed by atoms with E-state index in [1.54, 1.807) is 18.2 Å². The van der Waals surface area contributed by atoms with E-state index in [4.69, 9.17) is 11.6 Å². The topological polar surface area (TPSA) is 103 Å². The molecule has 0 fully saturated rings. The summed E-state index contributed by atoms with van der Waals surface area (Å²) in [5.41, 5.74) is 2.35. The lowest BCUT2D eigenvalue weighted by atomic mass is 10.00. The lowest BCUT2D eigenvalue weighted by Gasteiger charge is -2.14. The smallest absolute Gasteiger partial charge is 0.326 e. The summed E-state index contributed by atoms with van der Waals surface area (Å²) in [6, 6.07) is 7.65. The normalized spacial score (nSPS) is 18.7. The third-order valence-electron chi connectivity index (χ3n) is 4.64. The standard InChI is InChI=1S/C17H14ClN5O3/c1-9-4-15(17(25)26)23-14(9)5-10(6-16(23)24)12-7-11(18)2-3-13(12)22-8-19-20-21-22/h2-3,5-9,15H,4H2,1H3,(H,25,26)/t9-,15+/m1/s1. The number of nitrogens with zero attached hydrogens (tertiary/aromatic N) is 5. The van der Waals surface area contributed by atoms with Gasteiger partial charge in [0.1, 0.15) is 12.4 Å². The highest BCUT2D eigenvalue weighted by molar-refractivity contribution is 6.31. The van der Waals surface area contributed by atoms with Gasteiger partial charge in [0.2, 0.25) is 0 Å². The van der Waals surface area contributed by atoms with Crippen LogP contribution in [-0.4, -0.2) is 35.9 Å². The molecule has 132 valence electrons. The number of rotatable bonds is 3. The molecular formula is C17H14ClN5O3. The fourth-order valence-electron chi connectivity index (χ4n) is 3.45. The first-order valence-corrected chi connectivity index (χ1v) is 8.36. The Morgan fingerprint density at radius 3 is 2.81 bits per heavy atom. The number of tetrazole rings is 1. The molecule has 8 nitrogen and oxygen atoms in total. The van der Waals surface area contributed by atoms with Gasteiger partial charge in [0, 0.05) is 22.3 Å². The van der Waals surface area contributed by atoms with Crippen molar-refractivity contribution in [2.24, 2.45) is 0 Å². The van der Waals surface area contributed by atoms with Gasteiger partial charge in [0.15, 0.2) is 0 Å². The Morgan fingerprint density at radius 1 is 1.31 bits per heavy atom. The second kappa shape index (κ2) is 6.06. The maximum atomic E-state index is 12.7. The van der Waals surface area contributed by atoms with Crippen LogP contribution >= 0.6 is 11.6 Å². The summed E-state index contributed by atoms with van der Waals surface area (Å²) in [7, 11) is 0.